The van der Waals surface area contributed by atoms with Crippen LogP contribution in [-0.4, -0.2) is 24.1 Å². The number of allylic oxidation sites excluding steroid dienone is 2. The monoisotopic (exact) mass is 293 g/mol. The smallest absolute Gasteiger partial charge is 0.414 e. The minimum atomic E-state index is -0.230. The predicted octanol–water partition coefficient (Wildman–Crippen LogP) is 5.43. The fourth-order valence-electron chi connectivity index (χ4n) is 2.43. The molecule has 0 unspecified atom stereocenters. The van der Waals surface area contributed by atoms with E-state index in [2.05, 4.69) is 6.92 Å². The van der Waals surface area contributed by atoms with Crippen LogP contribution < -0.4 is 0 Å². The third-order valence-corrected chi connectivity index (χ3v) is 3.77. The fourth-order valence-corrected chi connectivity index (χ4v) is 2.43. The molecule has 0 aromatic rings. The number of carbonyl (C=O) groups excluding carboxylic acids is 1. The lowest BCUT2D eigenvalue weighted by molar-refractivity contribution is 0.117. The third-order valence-electron chi connectivity index (χ3n) is 3.77. The molecule has 1 aliphatic rings. The highest BCUT2D eigenvalue weighted by atomic mass is 16.6. The zero-order chi connectivity index (χ0) is 15.2. The van der Waals surface area contributed by atoms with Gasteiger partial charge in [-0.2, -0.15) is 0 Å². The molecule has 120 valence electrons. The molecule has 1 heterocycles. The molecule has 3 nitrogen and oxygen atoms in total. The normalized spacial score (nSPS) is 13.7. The number of carbonyl (C=O) groups is 1. The lowest BCUT2D eigenvalue weighted by Gasteiger charge is -2.17. The first-order chi connectivity index (χ1) is 10.3. The highest BCUT2D eigenvalue weighted by Crippen LogP contribution is 2.10. The quantitative estimate of drug-likeness (QED) is 0.475. The van der Waals surface area contributed by atoms with E-state index in [-0.39, 0.29) is 6.09 Å². The number of ether oxygens (including phenoxy) is 1. The average molecular weight is 293 g/mol. The highest BCUT2D eigenvalue weighted by Gasteiger charge is 2.11. The van der Waals surface area contributed by atoms with Gasteiger partial charge in [0.05, 0.1) is 6.61 Å². The van der Waals surface area contributed by atoms with Gasteiger partial charge in [0.25, 0.3) is 0 Å². The summed E-state index contributed by atoms with van der Waals surface area (Å²) in [6.07, 6.45) is 20.2. The van der Waals surface area contributed by atoms with E-state index in [1.807, 2.05) is 18.2 Å². The molecule has 1 rings (SSSR count). The zero-order valence-electron chi connectivity index (χ0n) is 13.6. The van der Waals surface area contributed by atoms with Crippen LogP contribution in [0.15, 0.2) is 24.4 Å². The molecule has 0 fully saturated rings. The molecular formula is C18H31NO2. The largest absolute Gasteiger partial charge is 0.449 e. The van der Waals surface area contributed by atoms with Crippen molar-refractivity contribution in [3.63, 3.8) is 0 Å². The van der Waals surface area contributed by atoms with E-state index < -0.39 is 0 Å². The molecule has 21 heavy (non-hydrogen) atoms. The second-order valence-electron chi connectivity index (χ2n) is 5.72. The molecule has 0 spiro atoms. The van der Waals surface area contributed by atoms with Crippen LogP contribution in [0.2, 0.25) is 0 Å². The van der Waals surface area contributed by atoms with Gasteiger partial charge in [-0.1, -0.05) is 76.9 Å². The molecule has 0 saturated heterocycles. The van der Waals surface area contributed by atoms with Gasteiger partial charge in [-0.05, 0) is 12.5 Å². The van der Waals surface area contributed by atoms with Crippen LogP contribution in [0.25, 0.3) is 0 Å². The van der Waals surface area contributed by atoms with E-state index >= 15 is 0 Å². The second-order valence-corrected chi connectivity index (χ2v) is 5.72. The summed E-state index contributed by atoms with van der Waals surface area (Å²) in [7, 11) is 0. The molecule has 0 N–H and O–H groups in total. The summed E-state index contributed by atoms with van der Waals surface area (Å²) >= 11 is 0. The maximum atomic E-state index is 11.7. The van der Waals surface area contributed by atoms with Crippen LogP contribution in [-0.2, 0) is 4.74 Å². The molecule has 0 saturated carbocycles. The molecule has 0 aromatic carbocycles. The summed E-state index contributed by atoms with van der Waals surface area (Å²) in [4.78, 5) is 13.3. The maximum Gasteiger partial charge on any atom is 0.414 e. The van der Waals surface area contributed by atoms with Gasteiger partial charge in [0.2, 0.25) is 0 Å². The Morgan fingerprint density at radius 2 is 1.57 bits per heavy atom. The summed E-state index contributed by atoms with van der Waals surface area (Å²) in [6.45, 7) is 3.42. The minimum absolute atomic E-state index is 0.230. The SMILES string of the molecule is CCCCCCCCCCCCOC(=O)N1C=CC=CC1. The van der Waals surface area contributed by atoms with E-state index in [1.54, 1.807) is 11.1 Å². The highest BCUT2D eigenvalue weighted by molar-refractivity contribution is 5.69. The molecule has 1 amide bonds. The van der Waals surface area contributed by atoms with Crippen molar-refractivity contribution in [3.8, 4) is 0 Å². The van der Waals surface area contributed by atoms with Gasteiger partial charge in [0.15, 0.2) is 0 Å². The molecule has 0 radical (unpaired) electrons. The number of hydrogen-bond donors (Lipinski definition) is 0. The van der Waals surface area contributed by atoms with Gasteiger partial charge in [-0.3, -0.25) is 4.90 Å². The topological polar surface area (TPSA) is 29.5 Å². The number of rotatable bonds is 11. The van der Waals surface area contributed by atoms with Crippen LogP contribution in [0.3, 0.4) is 0 Å². The number of hydrogen-bond acceptors (Lipinski definition) is 2. The minimum Gasteiger partial charge on any atom is -0.449 e. The second kappa shape index (κ2) is 12.5. The summed E-state index contributed by atoms with van der Waals surface area (Å²) in [5.41, 5.74) is 0. The lowest BCUT2D eigenvalue weighted by Crippen LogP contribution is -2.27. The van der Waals surface area contributed by atoms with Gasteiger partial charge >= 0.3 is 6.09 Å². The van der Waals surface area contributed by atoms with E-state index in [4.69, 9.17) is 4.74 Å². The van der Waals surface area contributed by atoms with Crippen molar-refractivity contribution in [2.24, 2.45) is 0 Å². The Bertz CT molecular complexity index is 323. The summed E-state index contributed by atoms with van der Waals surface area (Å²) in [5, 5.41) is 0. The van der Waals surface area contributed by atoms with E-state index in [1.165, 1.54) is 51.4 Å². The van der Waals surface area contributed by atoms with E-state index in [0.29, 0.717) is 13.2 Å². The van der Waals surface area contributed by atoms with Crippen molar-refractivity contribution in [2.75, 3.05) is 13.2 Å². The van der Waals surface area contributed by atoms with Crippen molar-refractivity contribution in [1.29, 1.82) is 0 Å². The van der Waals surface area contributed by atoms with Gasteiger partial charge in [-0.25, -0.2) is 4.79 Å². The Morgan fingerprint density at radius 3 is 2.14 bits per heavy atom. The standard InChI is InChI=1S/C18H31NO2/c1-2-3-4-5-6-7-8-9-10-14-17-21-18(20)19-15-12-11-13-16-19/h11-13,15H,2-10,14,16-17H2,1H3. The van der Waals surface area contributed by atoms with Gasteiger partial charge in [-0.15, -0.1) is 0 Å². The molecule has 0 bridgehead atoms. The Hall–Kier alpha value is -1.25. The van der Waals surface area contributed by atoms with Gasteiger partial charge in [0, 0.05) is 12.7 Å². The molecule has 0 aromatic heterocycles. The third kappa shape index (κ3) is 9.33. The van der Waals surface area contributed by atoms with Crippen molar-refractivity contribution < 1.29 is 9.53 Å². The summed E-state index contributed by atoms with van der Waals surface area (Å²) < 4.78 is 5.26. The zero-order valence-corrected chi connectivity index (χ0v) is 13.6. The van der Waals surface area contributed by atoms with Crippen molar-refractivity contribution in [2.45, 2.75) is 71.1 Å². The van der Waals surface area contributed by atoms with Gasteiger partial charge in [0.1, 0.15) is 0 Å². The number of amides is 1. The summed E-state index contributed by atoms with van der Waals surface area (Å²) in [5.74, 6) is 0. The Balaban J connectivity index is 1.83. The molecule has 3 heteroatoms. The fraction of sp³-hybridized carbons (Fsp3) is 0.722. The molecule has 1 aliphatic heterocycles. The van der Waals surface area contributed by atoms with E-state index in [9.17, 15) is 4.79 Å². The Kier molecular flexibility index (Phi) is 10.6. The molecule has 0 atom stereocenters. The lowest BCUT2D eigenvalue weighted by atomic mass is 10.1. The summed E-state index contributed by atoms with van der Waals surface area (Å²) in [6, 6.07) is 0. The van der Waals surface area contributed by atoms with Crippen LogP contribution >= 0.6 is 0 Å². The predicted molar refractivity (Wildman–Crippen MR) is 88.2 cm³/mol. The van der Waals surface area contributed by atoms with Crippen molar-refractivity contribution in [3.05, 3.63) is 24.4 Å². The first-order valence-electron chi connectivity index (χ1n) is 8.61. The first kappa shape index (κ1) is 17.8. The first-order valence-corrected chi connectivity index (χ1v) is 8.61. The van der Waals surface area contributed by atoms with Gasteiger partial charge < -0.3 is 4.74 Å². The Morgan fingerprint density at radius 1 is 0.952 bits per heavy atom. The maximum absolute atomic E-state index is 11.7. The average Bonchev–Trinajstić information content (AvgIpc) is 2.53. The van der Waals surface area contributed by atoms with Crippen LogP contribution in [0.4, 0.5) is 4.79 Å². The van der Waals surface area contributed by atoms with Crippen LogP contribution in [0.1, 0.15) is 71.1 Å². The van der Waals surface area contributed by atoms with Crippen molar-refractivity contribution in [1.82, 2.24) is 4.90 Å². The number of unbranched alkanes of at least 4 members (excludes halogenated alkanes) is 9. The van der Waals surface area contributed by atoms with Crippen LogP contribution in [0.5, 0.6) is 0 Å². The number of nitrogens with zero attached hydrogens (tertiary/aromatic N) is 1. The Labute approximate surface area is 130 Å². The van der Waals surface area contributed by atoms with E-state index in [0.717, 1.165) is 12.8 Å². The van der Waals surface area contributed by atoms with Crippen LogP contribution in [0, 0.1) is 0 Å². The molecular weight excluding hydrogens is 262 g/mol. The van der Waals surface area contributed by atoms with Crippen molar-refractivity contribution >= 4 is 6.09 Å². The molecule has 0 aliphatic carbocycles.